The number of fused-ring (bicyclic) bond motifs is 1. The maximum absolute atomic E-state index is 14.4. The molecule has 6 heteroatoms. The second kappa shape index (κ2) is 8.96. The van der Waals surface area contributed by atoms with E-state index in [-0.39, 0.29) is 17.9 Å². The summed E-state index contributed by atoms with van der Waals surface area (Å²) in [6.45, 7) is 5.50. The van der Waals surface area contributed by atoms with Gasteiger partial charge in [-0.2, -0.15) is 18.2 Å². The van der Waals surface area contributed by atoms with Crippen molar-refractivity contribution in [3.63, 3.8) is 0 Å². The largest absolute Gasteiger partial charge is 0.409 e. The molecular formula is C24H31F3N2O. The predicted octanol–water partition coefficient (Wildman–Crippen LogP) is 6.47. The highest BCUT2D eigenvalue weighted by molar-refractivity contribution is 5.89. The van der Waals surface area contributed by atoms with Crippen molar-refractivity contribution < 1.29 is 18.0 Å². The quantitative estimate of drug-likeness (QED) is 0.496. The number of hydrogen-bond acceptors (Lipinski definition) is 2. The number of hydrogen-bond donors (Lipinski definition) is 1. The van der Waals surface area contributed by atoms with E-state index < -0.39 is 17.8 Å². The van der Waals surface area contributed by atoms with Crippen LogP contribution in [0.5, 0.6) is 0 Å². The lowest BCUT2D eigenvalue weighted by Gasteiger charge is -2.38. The van der Waals surface area contributed by atoms with Gasteiger partial charge in [-0.3, -0.25) is 10.2 Å². The number of nitrogens with zero attached hydrogens (tertiary/aromatic N) is 1. The molecule has 1 heterocycles. The van der Waals surface area contributed by atoms with Crippen LogP contribution in [0.1, 0.15) is 76.5 Å². The third kappa shape index (κ3) is 4.80. The Morgan fingerprint density at radius 3 is 2.33 bits per heavy atom. The fourth-order valence-electron chi connectivity index (χ4n) is 4.48. The Balaban J connectivity index is 2.05. The van der Waals surface area contributed by atoms with Gasteiger partial charge in [-0.25, -0.2) is 0 Å². The summed E-state index contributed by atoms with van der Waals surface area (Å²) in [4.78, 5) is 12.0. The minimum atomic E-state index is -4.53. The Labute approximate surface area is 176 Å². The number of alkyl halides is 3. The second-order valence-electron chi connectivity index (χ2n) is 8.87. The first kappa shape index (κ1) is 22.6. The van der Waals surface area contributed by atoms with Crippen LogP contribution in [0.15, 0.2) is 36.4 Å². The molecule has 1 aliphatic heterocycles. The van der Waals surface area contributed by atoms with Crippen LogP contribution in [-0.2, 0) is 11.2 Å². The molecule has 3 nitrogen and oxygen atoms in total. The molecule has 1 atom stereocenters. The standard InChI is InChI=1S/C24H31F3N2O/c1-4-5-6-7-8-11-17-12-9-13-18-14-10-15-19(21(17)18)22(24(25,26)27)29-23(2,3)16-20(30)28-29/h9-10,12-15,22H,4-8,11,16H2,1-3H3,(H,28,30)/t22-/m0/s1. The molecule has 1 fully saturated rings. The highest BCUT2D eigenvalue weighted by atomic mass is 19.4. The Bertz CT molecular complexity index is 886. The van der Waals surface area contributed by atoms with Crippen molar-refractivity contribution in [3.05, 3.63) is 47.5 Å². The van der Waals surface area contributed by atoms with Crippen molar-refractivity contribution in [3.8, 4) is 0 Å². The molecule has 1 saturated heterocycles. The van der Waals surface area contributed by atoms with Crippen LogP contribution in [-0.4, -0.2) is 22.6 Å². The van der Waals surface area contributed by atoms with E-state index in [1.54, 1.807) is 26.0 Å². The van der Waals surface area contributed by atoms with Gasteiger partial charge in [0.1, 0.15) is 0 Å². The highest BCUT2D eigenvalue weighted by Gasteiger charge is 2.53. The lowest BCUT2D eigenvalue weighted by Crippen LogP contribution is -2.51. The van der Waals surface area contributed by atoms with Crippen molar-refractivity contribution in [1.29, 1.82) is 0 Å². The molecule has 1 amide bonds. The smallest absolute Gasteiger partial charge is 0.287 e. The van der Waals surface area contributed by atoms with Gasteiger partial charge in [0.2, 0.25) is 5.91 Å². The summed E-state index contributed by atoms with van der Waals surface area (Å²) in [6.07, 6.45) is 1.77. The van der Waals surface area contributed by atoms with Gasteiger partial charge in [-0.15, -0.1) is 0 Å². The van der Waals surface area contributed by atoms with Crippen LogP contribution >= 0.6 is 0 Å². The van der Waals surface area contributed by atoms with Gasteiger partial charge in [0.15, 0.2) is 6.04 Å². The van der Waals surface area contributed by atoms with E-state index in [0.717, 1.165) is 48.1 Å². The molecule has 2 aromatic carbocycles. The number of rotatable bonds is 8. The molecule has 0 radical (unpaired) electrons. The molecule has 1 aliphatic rings. The number of carbonyl (C=O) groups is 1. The first-order valence-corrected chi connectivity index (χ1v) is 10.8. The van der Waals surface area contributed by atoms with Crippen LogP contribution < -0.4 is 5.43 Å². The van der Waals surface area contributed by atoms with Gasteiger partial charge >= 0.3 is 6.18 Å². The molecule has 0 aromatic heterocycles. The number of nitrogens with one attached hydrogen (secondary N) is 1. The van der Waals surface area contributed by atoms with Gasteiger partial charge in [0.25, 0.3) is 0 Å². The minimum absolute atomic E-state index is 0.0363. The topological polar surface area (TPSA) is 32.3 Å². The maximum Gasteiger partial charge on any atom is 0.409 e. The summed E-state index contributed by atoms with van der Waals surface area (Å²) in [6, 6.07) is 8.91. The molecule has 1 N–H and O–H groups in total. The molecule has 30 heavy (non-hydrogen) atoms. The molecule has 0 spiro atoms. The summed E-state index contributed by atoms with van der Waals surface area (Å²) >= 11 is 0. The zero-order valence-corrected chi connectivity index (χ0v) is 18.0. The summed E-state index contributed by atoms with van der Waals surface area (Å²) in [5, 5.41) is 2.56. The molecule has 0 saturated carbocycles. The average Bonchev–Trinajstić information content (AvgIpc) is 2.92. The van der Waals surface area contributed by atoms with Gasteiger partial charge < -0.3 is 0 Å². The van der Waals surface area contributed by atoms with E-state index in [1.165, 1.54) is 6.42 Å². The summed E-state index contributed by atoms with van der Waals surface area (Å²) in [5.41, 5.74) is 2.69. The first-order valence-electron chi connectivity index (χ1n) is 10.8. The fraction of sp³-hybridized carbons (Fsp3) is 0.542. The predicted molar refractivity (Wildman–Crippen MR) is 114 cm³/mol. The van der Waals surface area contributed by atoms with Gasteiger partial charge in [0.05, 0.1) is 0 Å². The van der Waals surface area contributed by atoms with Crippen molar-refractivity contribution >= 4 is 16.7 Å². The van der Waals surface area contributed by atoms with Crippen molar-refractivity contribution in [1.82, 2.24) is 10.4 Å². The van der Waals surface area contributed by atoms with Crippen molar-refractivity contribution in [2.75, 3.05) is 0 Å². The minimum Gasteiger partial charge on any atom is -0.287 e. The van der Waals surface area contributed by atoms with E-state index >= 15 is 0 Å². The normalized spacial score (nSPS) is 18.0. The number of amides is 1. The highest BCUT2D eigenvalue weighted by Crippen LogP contribution is 2.45. The number of halogens is 3. The average molecular weight is 421 g/mol. The summed E-state index contributed by atoms with van der Waals surface area (Å²) in [5.74, 6) is -0.384. The number of unbranched alkanes of at least 4 members (excludes halogenated alkanes) is 4. The van der Waals surface area contributed by atoms with E-state index in [9.17, 15) is 18.0 Å². The lowest BCUT2D eigenvalue weighted by molar-refractivity contribution is -0.203. The zero-order valence-electron chi connectivity index (χ0n) is 18.0. The monoisotopic (exact) mass is 420 g/mol. The van der Waals surface area contributed by atoms with E-state index in [1.807, 2.05) is 24.3 Å². The third-order valence-corrected chi connectivity index (χ3v) is 5.93. The maximum atomic E-state index is 14.4. The molecule has 0 bridgehead atoms. The number of aryl methyl sites for hydroxylation is 1. The SMILES string of the molecule is CCCCCCCc1cccc2cccc([C@H](N3NC(=O)CC3(C)C)C(F)(F)F)c12. The van der Waals surface area contributed by atoms with E-state index in [4.69, 9.17) is 0 Å². The Hall–Kier alpha value is -2.08. The Morgan fingerprint density at radius 2 is 1.73 bits per heavy atom. The number of hydrazine groups is 1. The second-order valence-corrected chi connectivity index (χ2v) is 8.87. The summed E-state index contributed by atoms with van der Waals surface area (Å²) in [7, 11) is 0. The van der Waals surface area contributed by atoms with Gasteiger partial charge in [-0.1, -0.05) is 69.0 Å². The Morgan fingerprint density at radius 1 is 1.07 bits per heavy atom. The summed E-state index contributed by atoms with van der Waals surface area (Å²) < 4.78 is 43.2. The molecule has 2 aromatic rings. The molecule has 0 unspecified atom stereocenters. The lowest BCUT2D eigenvalue weighted by atomic mass is 9.90. The van der Waals surface area contributed by atoms with Crippen LogP contribution in [0.2, 0.25) is 0 Å². The Kier molecular flexibility index (Phi) is 6.75. The third-order valence-electron chi connectivity index (χ3n) is 5.93. The molecule has 0 aliphatic carbocycles. The van der Waals surface area contributed by atoms with Gasteiger partial charge in [-0.05, 0) is 48.6 Å². The van der Waals surface area contributed by atoms with Crippen LogP contribution in [0, 0.1) is 0 Å². The van der Waals surface area contributed by atoms with Crippen molar-refractivity contribution in [2.24, 2.45) is 0 Å². The van der Waals surface area contributed by atoms with E-state index in [2.05, 4.69) is 12.3 Å². The molecule has 3 rings (SSSR count). The number of benzene rings is 2. The first-order chi connectivity index (χ1) is 14.1. The van der Waals surface area contributed by atoms with Crippen LogP contribution in [0.3, 0.4) is 0 Å². The number of carbonyl (C=O) groups excluding carboxylic acids is 1. The molecule has 164 valence electrons. The van der Waals surface area contributed by atoms with Crippen LogP contribution in [0.4, 0.5) is 13.2 Å². The van der Waals surface area contributed by atoms with Crippen molar-refractivity contribution in [2.45, 2.75) is 83.5 Å². The zero-order chi connectivity index (χ0) is 21.9. The molecular weight excluding hydrogens is 389 g/mol. The fourth-order valence-corrected chi connectivity index (χ4v) is 4.48. The van der Waals surface area contributed by atoms with Gasteiger partial charge in [0, 0.05) is 12.0 Å². The van der Waals surface area contributed by atoms with Crippen LogP contribution in [0.25, 0.3) is 10.8 Å². The van der Waals surface area contributed by atoms with E-state index in [0.29, 0.717) is 5.39 Å².